The van der Waals surface area contributed by atoms with E-state index in [-0.39, 0.29) is 18.1 Å². The lowest BCUT2D eigenvalue weighted by Gasteiger charge is -2.11. The minimum absolute atomic E-state index is 0.221. The number of nitrogens with one attached hydrogen (secondary N) is 1. The summed E-state index contributed by atoms with van der Waals surface area (Å²) < 4.78 is 6.36. The lowest BCUT2D eigenvalue weighted by molar-refractivity contribution is -0.123. The van der Waals surface area contributed by atoms with Gasteiger partial charge in [0.2, 0.25) is 0 Å². The summed E-state index contributed by atoms with van der Waals surface area (Å²) in [4.78, 5) is 26.3. The molecule has 0 aromatic heterocycles. The number of hydrogen-bond acceptors (Lipinski definition) is 3. The maximum absolute atomic E-state index is 12.8. The van der Waals surface area contributed by atoms with Crippen molar-refractivity contribution in [2.24, 2.45) is 0 Å². The normalized spacial score (nSPS) is 15.4. The van der Waals surface area contributed by atoms with Crippen LogP contribution in [-0.4, -0.2) is 23.9 Å². The Morgan fingerprint density at radius 1 is 1.00 bits per heavy atom. The number of carbonyl (C=O) groups excluding carboxylic acids is 2. The quantitative estimate of drug-likeness (QED) is 0.476. The van der Waals surface area contributed by atoms with E-state index >= 15 is 0 Å². The maximum atomic E-state index is 12.8. The van der Waals surface area contributed by atoms with Crippen LogP contribution in [0.1, 0.15) is 11.1 Å². The van der Waals surface area contributed by atoms with E-state index in [1.165, 1.54) is 4.90 Å². The first-order valence-corrected chi connectivity index (χ1v) is 9.51. The molecule has 5 nitrogen and oxygen atoms in total. The molecule has 28 heavy (non-hydrogen) atoms. The van der Waals surface area contributed by atoms with Gasteiger partial charge < -0.3 is 10.1 Å². The molecule has 1 aliphatic heterocycles. The van der Waals surface area contributed by atoms with Crippen LogP contribution in [0, 0.1) is 0 Å². The smallest absolute Gasteiger partial charge is 0.329 e. The largest absolute Gasteiger partial charge is 0.496 e. The number of carbonyl (C=O) groups is 2. The zero-order chi connectivity index (χ0) is 19.7. The molecule has 3 aromatic carbocycles. The van der Waals surface area contributed by atoms with Crippen molar-refractivity contribution in [3.63, 3.8) is 0 Å². The summed E-state index contributed by atoms with van der Waals surface area (Å²) in [5.74, 6) is 0.421. The van der Waals surface area contributed by atoms with E-state index in [0.29, 0.717) is 0 Å². The maximum Gasteiger partial charge on any atom is 0.329 e. The Hall–Kier alpha value is -3.12. The Labute approximate surface area is 170 Å². The second-order valence-corrected chi connectivity index (χ2v) is 7.32. The van der Waals surface area contributed by atoms with Crippen LogP contribution in [0.5, 0.6) is 5.75 Å². The van der Waals surface area contributed by atoms with Gasteiger partial charge in [-0.1, -0.05) is 58.4 Å². The summed E-state index contributed by atoms with van der Waals surface area (Å²) in [5, 5.41) is 4.58. The van der Waals surface area contributed by atoms with Crippen molar-refractivity contribution in [1.29, 1.82) is 0 Å². The SMILES string of the molecule is COc1ccc(/C=C2/NC(=O)N(Cc3ccc(Br)cc3)C2=O)c2ccccc12. The van der Waals surface area contributed by atoms with Crippen molar-refractivity contribution < 1.29 is 14.3 Å². The summed E-state index contributed by atoms with van der Waals surface area (Å²) in [6, 6.07) is 18.6. The van der Waals surface area contributed by atoms with Crippen molar-refractivity contribution in [2.75, 3.05) is 7.11 Å². The van der Waals surface area contributed by atoms with E-state index in [2.05, 4.69) is 21.2 Å². The van der Waals surface area contributed by atoms with Crippen molar-refractivity contribution in [3.8, 4) is 5.75 Å². The Balaban J connectivity index is 1.66. The average molecular weight is 437 g/mol. The molecule has 0 radical (unpaired) electrons. The molecule has 1 saturated heterocycles. The molecular weight excluding hydrogens is 420 g/mol. The predicted molar refractivity (Wildman–Crippen MR) is 112 cm³/mol. The molecule has 0 unspecified atom stereocenters. The fourth-order valence-corrected chi connectivity index (χ4v) is 3.51. The van der Waals surface area contributed by atoms with Crippen LogP contribution < -0.4 is 10.1 Å². The molecule has 0 saturated carbocycles. The van der Waals surface area contributed by atoms with Crippen molar-refractivity contribution in [3.05, 3.63) is 82.0 Å². The number of rotatable bonds is 4. The molecule has 1 N–H and O–H groups in total. The van der Waals surface area contributed by atoms with Crippen molar-refractivity contribution in [1.82, 2.24) is 10.2 Å². The monoisotopic (exact) mass is 436 g/mol. The third kappa shape index (κ3) is 3.39. The van der Waals surface area contributed by atoms with Crippen LogP contribution in [0.4, 0.5) is 4.79 Å². The van der Waals surface area contributed by atoms with Crippen molar-refractivity contribution >= 4 is 44.7 Å². The van der Waals surface area contributed by atoms with Crippen LogP contribution in [-0.2, 0) is 11.3 Å². The van der Waals surface area contributed by atoms with Gasteiger partial charge in [0.15, 0.2) is 0 Å². The number of halogens is 1. The van der Waals surface area contributed by atoms with Gasteiger partial charge in [-0.3, -0.25) is 9.69 Å². The lowest BCUT2D eigenvalue weighted by atomic mass is 10.0. The Morgan fingerprint density at radius 3 is 2.43 bits per heavy atom. The van der Waals surface area contributed by atoms with Gasteiger partial charge in [0.1, 0.15) is 11.4 Å². The van der Waals surface area contributed by atoms with Gasteiger partial charge in [-0.05, 0) is 40.8 Å². The predicted octanol–water partition coefficient (Wildman–Crippen LogP) is 4.70. The van der Waals surface area contributed by atoms with E-state index in [9.17, 15) is 9.59 Å². The molecule has 1 fully saturated rings. The van der Waals surface area contributed by atoms with Crippen LogP contribution in [0.15, 0.2) is 70.8 Å². The Bertz CT molecular complexity index is 1110. The molecule has 0 bridgehead atoms. The van der Waals surface area contributed by atoms with Gasteiger partial charge in [0, 0.05) is 9.86 Å². The third-order valence-corrected chi connectivity index (χ3v) is 5.18. The number of benzene rings is 3. The molecule has 3 aromatic rings. The number of urea groups is 1. The van der Waals surface area contributed by atoms with Gasteiger partial charge in [-0.15, -0.1) is 0 Å². The van der Waals surface area contributed by atoms with E-state index in [4.69, 9.17) is 4.74 Å². The molecule has 3 amide bonds. The van der Waals surface area contributed by atoms with Crippen LogP contribution in [0.25, 0.3) is 16.8 Å². The minimum Gasteiger partial charge on any atom is -0.496 e. The fraction of sp³-hybridized carbons (Fsp3) is 0.0909. The summed E-state index contributed by atoms with van der Waals surface area (Å²) in [5.41, 5.74) is 1.98. The van der Waals surface area contributed by atoms with E-state index in [1.54, 1.807) is 13.2 Å². The Morgan fingerprint density at radius 2 is 1.71 bits per heavy atom. The second kappa shape index (κ2) is 7.48. The third-order valence-electron chi connectivity index (χ3n) is 4.65. The minimum atomic E-state index is -0.419. The average Bonchev–Trinajstić information content (AvgIpc) is 2.97. The highest BCUT2D eigenvalue weighted by Gasteiger charge is 2.33. The number of amides is 3. The molecule has 0 aliphatic carbocycles. The van der Waals surface area contributed by atoms with Crippen LogP contribution in [0.2, 0.25) is 0 Å². The molecule has 4 rings (SSSR count). The Kier molecular flexibility index (Phi) is 4.88. The van der Waals surface area contributed by atoms with Crippen LogP contribution in [0.3, 0.4) is 0 Å². The van der Waals surface area contributed by atoms with E-state index in [1.807, 2.05) is 60.7 Å². The highest BCUT2D eigenvalue weighted by Crippen LogP contribution is 2.30. The molecule has 0 atom stereocenters. The molecule has 140 valence electrons. The molecular formula is C22H17BrN2O3. The highest BCUT2D eigenvalue weighted by molar-refractivity contribution is 9.10. The zero-order valence-corrected chi connectivity index (χ0v) is 16.7. The molecule has 6 heteroatoms. The summed E-state index contributed by atoms with van der Waals surface area (Å²) in [6.07, 6.45) is 1.71. The van der Waals surface area contributed by atoms with Crippen molar-refractivity contribution in [2.45, 2.75) is 6.54 Å². The lowest BCUT2D eigenvalue weighted by Crippen LogP contribution is -2.30. The number of fused-ring (bicyclic) bond motifs is 1. The number of hydrogen-bond donors (Lipinski definition) is 1. The molecule has 0 spiro atoms. The number of imide groups is 1. The van der Waals surface area contributed by atoms with Crippen LogP contribution >= 0.6 is 15.9 Å². The topological polar surface area (TPSA) is 58.6 Å². The summed E-state index contributed by atoms with van der Waals surface area (Å²) in [7, 11) is 1.63. The van der Waals surface area contributed by atoms with E-state index in [0.717, 1.165) is 32.1 Å². The first-order valence-electron chi connectivity index (χ1n) is 8.71. The number of nitrogens with zero attached hydrogens (tertiary/aromatic N) is 1. The highest BCUT2D eigenvalue weighted by atomic mass is 79.9. The number of methoxy groups -OCH3 is 1. The molecule has 1 heterocycles. The first kappa shape index (κ1) is 18.3. The van der Waals surface area contributed by atoms with Gasteiger partial charge in [0.05, 0.1) is 13.7 Å². The van der Waals surface area contributed by atoms with E-state index < -0.39 is 6.03 Å². The fourth-order valence-electron chi connectivity index (χ4n) is 3.24. The summed E-state index contributed by atoms with van der Waals surface area (Å²) >= 11 is 3.38. The number of ether oxygens (including phenoxy) is 1. The van der Waals surface area contributed by atoms with Gasteiger partial charge in [-0.2, -0.15) is 0 Å². The van der Waals surface area contributed by atoms with Gasteiger partial charge >= 0.3 is 6.03 Å². The standard InChI is InChI=1S/C22H17BrN2O3/c1-28-20-11-8-15(17-4-2-3-5-18(17)20)12-19-21(26)25(22(27)24-19)13-14-6-9-16(23)10-7-14/h2-12H,13H2,1H3,(H,24,27)/b19-12+. The molecule has 1 aliphatic rings. The first-order chi connectivity index (χ1) is 13.6. The summed E-state index contributed by atoms with van der Waals surface area (Å²) in [6.45, 7) is 0.221. The second-order valence-electron chi connectivity index (χ2n) is 6.41. The zero-order valence-electron chi connectivity index (χ0n) is 15.1. The van der Waals surface area contributed by atoms with Gasteiger partial charge in [-0.25, -0.2) is 4.79 Å². The van der Waals surface area contributed by atoms with Gasteiger partial charge in [0.25, 0.3) is 5.91 Å².